The highest BCUT2D eigenvalue weighted by Gasteiger charge is 2.27. The molecule has 1 saturated heterocycles. The maximum Gasteiger partial charge on any atom is 0.0639 e. The van der Waals surface area contributed by atoms with E-state index in [1.54, 1.807) is 6.07 Å². The first kappa shape index (κ1) is 23.0. The van der Waals surface area contributed by atoms with Gasteiger partial charge in [-0.05, 0) is 68.5 Å². The third-order valence-corrected chi connectivity index (χ3v) is 7.51. The van der Waals surface area contributed by atoms with Crippen LogP contribution in [0.1, 0.15) is 44.2 Å². The second-order valence-electron chi connectivity index (χ2n) is 8.68. The minimum absolute atomic E-state index is 0.00369. The van der Waals surface area contributed by atoms with E-state index in [9.17, 15) is 5.11 Å². The largest absolute Gasteiger partial charge is 0.393 e. The molecule has 2 aromatic carbocycles. The van der Waals surface area contributed by atoms with Crippen molar-refractivity contribution in [2.75, 3.05) is 36.4 Å². The number of piperazine rings is 1. The summed E-state index contributed by atoms with van der Waals surface area (Å²) in [7, 11) is 0. The van der Waals surface area contributed by atoms with Gasteiger partial charge in [-0.3, -0.25) is 4.90 Å². The van der Waals surface area contributed by atoms with Crippen LogP contribution in [0.4, 0.5) is 11.4 Å². The van der Waals surface area contributed by atoms with E-state index < -0.39 is 0 Å². The molecule has 1 heterocycles. The molecule has 1 atom stereocenters. The molecule has 4 rings (SSSR count). The molecule has 1 saturated carbocycles. The van der Waals surface area contributed by atoms with Crippen molar-refractivity contribution in [2.24, 2.45) is 0 Å². The Morgan fingerprint density at radius 3 is 2.29 bits per heavy atom. The molecular weight excluding hydrogens is 453 g/mol. The van der Waals surface area contributed by atoms with Crippen LogP contribution in [0.2, 0.25) is 15.1 Å². The Hall–Kier alpha value is -1.17. The molecule has 2 N–H and O–H groups in total. The number of nitrogens with zero attached hydrogens (tertiary/aromatic N) is 2. The second-order valence-corrected chi connectivity index (χ2v) is 9.93. The van der Waals surface area contributed by atoms with E-state index in [-0.39, 0.29) is 12.1 Å². The summed E-state index contributed by atoms with van der Waals surface area (Å²) in [6.45, 7) is 6.18. The maximum absolute atomic E-state index is 9.77. The van der Waals surface area contributed by atoms with Gasteiger partial charge in [0, 0.05) is 48.0 Å². The number of hydrogen-bond acceptors (Lipinski definition) is 4. The van der Waals surface area contributed by atoms with Crippen LogP contribution >= 0.6 is 34.8 Å². The van der Waals surface area contributed by atoms with Crippen molar-refractivity contribution in [2.45, 2.75) is 50.8 Å². The van der Waals surface area contributed by atoms with E-state index in [1.807, 2.05) is 18.2 Å². The molecule has 1 aliphatic carbocycles. The number of rotatable bonds is 5. The number of nitrogens with one attached hydrogen (secondary N) is 1. The lowest BCUT2D eigenvalue weighted by Gasteiger charge is -2.42. The van der Waals surface area contributed by atoms with E-state index in [0.717, 1.165) is 63.1 Å². The normalized spacial score (nSPS) is 23.6. The monoisotopic (exact) mass is 481 g/mol. The van der Waals surface area contributed by atoms with Gasteiger partial charge in [-0.25, -0.2) is 0 Å². The first-order chi connectivity index (χ1) is 14.9. The third-order valence-electron chi connectivity index (χ3n) is 6.61. The van der Waals surface area contributed by atoms with E-state index >= 15 is 0 Å². The molecule has 0 spiro atoms. The van der Waals surface area contributed by atoms with Crippen LogP contribution in [0.3, 0.4) is 0 Å². The molecule has 31 heavy (non-hydrogen) atoms. The Balaban J connectivity index is 1.40. The van der Waals surface area contributed by atoms with Crippen LogP contribution in [0.5, 0.6) is 0 Å². The van der Waals surface area contributed by atoms with Crippen LogP contribution < -0.4 is 10.2 Å². The van der Waals surface area contributed by atoms with E-state index in [4.69, 9.17) is 34.8 Å². The highest BCUT2D eigenvalue weighted by molar-refractivity contribution is 6.35. The summed E-state index contributed by atoms with van der Waals surface area (Å²) in [6, 6.07) is 12.4. The molecule has 0 bridgehead atoms. The molecule has 4 nitrogen and oxygen atoms in total. The van der Waals surface area contributed by atoms with Crippen molar-refractivity contribution in [1.82, 2.24) is 4.90 Å². The lowest BCUT2D eigenvalue weighted by molar-refractivity contribution is 0.0711. The topological polar surface area (TPSA) is 38.7 Å². The Morgan fingerprint density at radius 1 is 0.903 bits per heavy atom. The molecule has 7 heteroatoms. The number of anilines is 2. The van der Waals surface area contributed by atoms with Crippen LogP contribution in [-0.2, 0) is 0 Å². The Bertz CT molecular complexity index is 894. The molecule has 2 aliphatic rings. The van der Waals surface area contributed by atoms with Crippen molar-refractivity contribution in [3.63, 3.8) is 0 Å². The molecule has 0 aromatic heterocycles. The summed E-state index contributed by atoms with van der Waals surface area (Å²) in [5.41, 5.74) is 3.07. The van der Waals surface area contributed by atoms with Crippen molar-refractivity contribution < 1.29 is 5.11 Å². The van der Waals surface area contributed by atoms with Crippen molar-refractivity contribution >= 4 is 46.2 Å². The zero-order chi connectivity index (χ0) is 22.0. The fourth-order valence-electron chi connectivity index (χ4n) is 4.75. The molecule has 0 amide bonds. The minimum atomic E-state index is -0.0947. The van der Waals surface area contributed by atoms with Crippen molar-refractivity contribution in [1.29, 1.82) is 0 Å². The van der Waals surface area contributed by atoms with Crippen LogP contribution in [0, 0.1) is 0 Å². The van der Waals surface area contributed by atoms with E-state index in [2.05, 4.69) is 34.2 Å². The zero-order valence-electron chi connectivity index (χ0n) is 17.8. The minimum Gasteiger partial charge on any atom is -0.393 e. The zero-order valence-corrected chi connectivity index (χ0v) is 20.1. The summed E-state index contributed by atoms with van der Waals surface area (Å²) in [6.07, 6.45) is 4.00. The third kappa shape index (κ3) is 5.61. The molecule has 2 fully saturated rings. The standard InChI is InChI=1S/C24H30Cl3N3O/c1-16(21-8-2-17(25)14-23(21)27)28-24-15-19(5-9-22(24)26)30-12-10-29(11-13-30)18-3-6-20(31)7-4-18/h2,5,8-9,14-16,18,20,28,31H,3-4,6-7,10-13H2,1H3/t16-,18-,20-/m1/s1. The molecule has 0 unspecified atom stereocenters. The Morgan fingerprint density at radius 2 is 1.61 bits per heavy atom. The van der Waals surface area contributed by atoms with Crippen LogP contribution in [0.15, 0.2) is 36.4 Å². The fourth-order valence-corrected chi connectivity index (χ4v) is 5.50. The van der Waals surface area contributed by atoms with Gasteiger partial charge in [-0.1, -0.05) is 40.9 Å². The van der Waals surface area contributed by atoms with E-state index in [0.29, 0.717) is 21.1 Å². The number of halogens is 3. The Kier molecular flexibility index (Phi) is 7.56. The Labute approximate surface area is 200 Å². The summed E-state index contributed by atoms with van der Waals surface area (Å²) >= 11 is 18.9. The van der Waals surface area contributed by atoms with Gasteiger partial charge in [-0.15, -0.1) is 0 Å². The fraction of sp³-hybridized carbons (Fsp3) is 0.500. The van der Waals surface area contributed by atoms with Crippen LogP contribution in [-0.4, -0.2) is 48.3 Å². The molecule has 1 aliphatic heterocycles. The highest BCUT2D eigenvalue weighted by atomic mass is 35.5. The van der Waals surface area contributed by atoms with Gasteiger partial charge in [0.25, 0.3) is 0 Å². The SMILES string of the molecule is C[C@@H](Nc1cc(N2CCN([C@H]3CC[C@H](O)CC3)CC2)ccc1Cl)c1ccc(Cl)cc1Cl. The summed E-state index contributed by atoms with van der Waals surface area (Å²) in [5, 5.41) is 15.2. The van der Waals surface area contributed by atoms with Gasteiger partial charge >= 0.3 is 0 Å². The van der Waals surface area contributed by atoms with Crippen molar-refractivity contribution in [3.05, 3.63) is 57.0 Å². The van der Waals surface area contributed by atoms with Crippen molar-refractivity contribution in [3.8, 4) is 0 Å². The maximum atomic E-state index is 9.77. The van der Waals surface area contributed by atoms with Gasteiger partial charge < -0.3 is 15.3 Å². The summed E-state index contributed by atoms with van der Waals surface area (Å²) < 4.78 is 0. The van der Waals surface area contributed by atoms with Gasteiger partial charge in [0.1, 0.15) is 0 Å². The predicted octanol–water partition coefficient (Wildman–Crippen LogP) is 6.25. The van der Waals surface area contributed by atoms with Crippen LogP contribution in [0.25, 0.3) is 0 Å². The molecule has 168 valence electrons. The average Bonchev–Trinajstić information content (AvgIpc) is 2.76. The van der Waals surface area contributed by atoms with Gasteiger partial charge in [0.2, 0.25) is 0 Å². The summed E-state index contributed by atoms with van der Waals surface area (Å²) in [5.74, 6) is 0. The average molecular weight is 483 g/mol. The van der Waals surface area contributed by atoms with E-state index in [1.165, 1.54) is 5.69 Å². The van der Waals surface area contributed by atoms with Gasteiger partial charge in [-0.2, -0.15) is 0 Å². The second kappa shape index (κ2) is 10.2. The lowest BCUT2D eigenvalue weighted by Crippen LogP contribution is -2.51. The smallest absolute Gasteiger partial charge is 0.0639 e. The number of aliphatic hydroxyl groups is 1. The first-order valence-electron chi connectivity index (χ1n) is 11.1. The molecule has 2 aromatic rings. The molecular formula is C24H30Cl3N3O. The molecule has 0 radical (unpaired) electrons. The highest BCUT2D eigenvalue weighted by Crippen LogP contribution is 2.34. The quantitative estimate of drug-likeness (QED) is 0.528. The first-order valence-corrected chi connectivity index (χ1v) is 12.2. The number of aliphatic hydroxyl groups excluding tert-OH is 1. The predicted molar refractivity (Wildman–Crippen MR) is 132 cm³/mol. The number of hydrogen-bond donors (Lipinski definition) is 2. The van der Waals surface area contributed by atoms with Gasteiger partial charge in [0.05, 0.1) is 22.9 Å². The number of benzene rings is 2. The summed E-state index contributed by atoms with van der Waals surface area (Å²) in [4.78, 5) is 5.03. The lowest BCUT2D eigenvalue weighted by atomic mass is 9.91. The van der Waals surface area contributed by atoms with Gasteiger partial charge in [0.15, 0.2) is 0 Å².